The van der Waals surface area contributed by atoms with E-state index >= 15 is 0 Å². The molecule has 1 atom stereocenters. The summed E-state index contributed by atoms with van der Waals surface area (Å²) in [5, 5.41) is 22.6. The smallest absolute Gasteiger partial charge is 0.319 e. The number of nitro groups is 2. The van der Waals surface area contributed by atoms with Crippen LogP contribution in [0.25, 0.3) is 10.8 Å². The summed E-state index contributed by atoms with van der Waals surface area (Å²) in [4.78, 5) is 33.1. The van der Waals surface area contributed by atoms with Crippen LogP contribution in [-0.2, 0) is 26.9 Å². The lowest BCUT2D eigenvalue weighted by Crippen LogP contribution is -2.14. The Morgan fingerprint density at radius 2 is 1.55 bits per heavy atom. The van der Waals surface area contributed by atoms with Gasteiger partial charge in [-0.15, -0.1) is 0 Å². The Bertz CT molecular complexity index is 1130. The maximum atomic E-state index is 12.6. The highest BCUT2D eigenvalue weighted by molar-refractivity contribution is 7.86. The van der Waals surface area contributed by atoms with E-state index in [4.69, 9.17) is 4.74 Å². The number of carbonyl (C=O) groups excluding carboxylic acids is 1. The molecule has 3 aromatic carbocycles. The highest BCUT2D eigenvalue weighted by Crippen LogP contribution is 2.29. The molecule has 1 unspecified atom stereocenters. The molecule has 0 aromatic heterocycles. The molecule has 29 heavy (non-hydrogen) atoms. The highest BCUT2D eigenvalue weighted by Gasteiger charge is 2.18. The molecule has 9 nitrogen and oxygen atoms in total. The number of hydrogen-bond acceptors (Lipinski definition) is 7. The van der Waals surface area contributed by atoms with Crippen LogP contribution in [-0.4, -0.2) is 25.8 Å². The van der Waals surface area contributed by atoms with Crippen LogP contribution in [0.2, 0.25) is 0 Å². The predicted octanol–water partition coefficient (Wildman–Crippen LogP) is 3.51. The zero-order valence-corrected chi connectivity index (χ0v) is 15.7. The summed E-state index contributed by atoms with van der Waals surface area (Å²) < 4.78 is 17.7. The van der Waals surface area contributed by atoms with Gasteiger partial charge in [0.2, 0.25) is 0 Å². The van der Waals surface area contributed by atoms with Gasteiger partial charge in [0, 0.05) is 28.5 Å². The SMILES string of the molecule is O=C(CS(=O)c1cccc2c([N+](=O)[O-])cccc12)OCc1ccc([N+](=O)[O-])cc1. The second-order valence-corrected chi connectivity index (χ2v) is 7.38. The molecule has 0 aliphatic heterocycles. The molecule has 0 amide bonds. The van der Waals surface area contributed by atoms with Gasteiger partial charge in [-0.3, -0.25) is 29.2 Å². The Kier molecular flexibility index (Phi) is 5.93. The van der Waals surface area contributed by atoms with Gasteiger partial charge < -0.3 is 4.74 Å². The van der Waals surface area contributed by atoms with Gasteiger partial charge in [0.15, 0.2) is 0 Å². The van der Waals surface area contributed by atoms with Crippen molar-refractivity contribution < 1.29 is 23.6 Å². The van der Waals surface area contributed by atoms with Crippen molar-refractivity contribution in [1.82, 2.24) is 0 Å². The minimum absolute atomic E-state index is 0.0776. The largest absolute Gasteiger partial charge is 0.460 e. The van der Waals surface area contributed by atoms with E-state index in [9.17, 15) is 29.2 Å². The van der Waals surface area contributed by atoms with Crippen LogP contribution >= 0.6 is 0 Å². The van der Waals surface area contributed by atoms with Crippen molar-refractivity contribution in [1.29, 1.82) is 0 Å². The van der Waals surface area contributed by atoms with Crippen LogP contribution < -0.4 is 0 Å². The van der Waals surface area contributed by atoms with E-state index < -0.39 is 32.4 Å². The van der Waals surface area contributed by atoms with Gasteiger partial charge in [-0.2, -0.15) is 0 Å². The molecule has 0 spiro atoms. The fourth-order valence-corrected chi connectivity index (χ4v) is 3.83. The molecular weight excluding hydrogens is 400 g/mol. The Morgan fingerprint density at radius 1 is 0.897 bits per heavy atom. The Balaban J connectivity index is 1.70. The lowest BCUT2D eigenvalue weighted by atomic mass is 10.1. The van der Waals surface area contributed by atoms with Crippen LogP contribution in [0.3, 0.4) is 0 Å². The molecule has 3 aromatic rings. The van der Waals surface area contributed by atoms with Crippen molar-refractivity contribution in [3.63, 3.8) is 0 Å². The van der Waals surface area contributed by atoms with Crippen LogP contribution in [0.5, 0.6) is 0 Å². The van der Waals surface area contributed by atoms with Crippen molar-refractivity contribution in [3.8, 4) is 0 Å². The van der Waals surface area contributed by atoms with Crippen LogP contribution in [0.4, 0.5) is 11.4 Å². The number of nitro benzene ring substituents is 2. The Labute approximate surface area is 166 Å². The molecule has 0 N–H and O–H groups in total. The molecular formula is C19H14N2O7S. The number of carbonyl (C=O) groups is 1. The van der Waals surface area contributed by atoms with E-state index in [1.807, 2.05) is 0 Å². The fourth-order valence-electron chi connectivity index (χ4n) is 2.73. The minimum Gasteiger partial charge on any atom is -0.460 e. The van der Waals surface area contributed by atoms with Crippen molar-refractivity contribution >= 4 is 38.9 Å². The molecule has 148 valence electrons. The predicted molar refractivity (Wildman–Crippen MR) is 105 cm³/mol. The van der Waals surface area contributed by atoms with Gasteiger partial charge in [0.25, 0.3) is 11.4 Å². The first-order valence-electron chi connectivity index (χ1n) is 8.30. The van der Waals surface area contributed by atoms with Crippen LogP contribution in [0.15, 0.2) is 65.6 Å². The van der Waals surface area contributed by atoms with Gasteiger partial charge in [-0.05, 0) is 29.8 Å². The van der Waals surface area contributed by atoms with Gasteiger partial charge in [0.1, 0.15) is 12.4 Å². The van der Waals surface area contributed by atoms with E-state index in [1.165, 1.54) is 36.4 Å². The van der Waals surface area contributed by atoms with Crippen LogP contribution in [0.1, 0.15) is 5.56 Å². The number of ether oxygens (including phenoxy) is 1. The number of fused-ring (bicyclic) bond motifs is 1. The summed E-state index contributed by atoms with van der Waals surface area (Å²) >= 11 is 0. The third-order valence-electron chi connectivity index (χ3n) is 4.10. The van der Waals surface area contributed by atoms with Crippen molar-refractivity contribution in [3.05, 3.63) is 86.5 Å². The average Bonchev–Trinajstić information content (AvgIpc) is 2.71. The Hall–Kier alpha value is -3.66. The standard InChI is InChI=1S/C19H14N2O7S/c22-19(28-11-13-7-9-14(10-8-13)20(23)24)12-29(27)18-6-2-3-15-16(18)4-1-5-17(15)21(25)26/h1-10H,11-12H2. The number of nitrogens with zero attached hydrogens (tertiary/aromatic N) is 2. The number of benzene rings is 3. The van der Waals surface area contributed by atoms with Gasteiger partial charge in [-0.25, -0.2) is 0 Å². The van der Waals surface area contributed by atoms with Crippen molar-refractivity contribution in [2.24, 2.45) is 0 Å². The summed E-state index contributed by atoms with van der Waals surface area (Å²) in [7, 11) is -1.76. The molecule has 0 radical (unpaired) electrons. The summed E-state index contributed by atoms with van der Waals surface area (Å²) in [6.45, 7) is -0.116. The number of rotatable bonds is 7. The maximum absolute atomic E-state index is 12.6. The first-order chi connectivity index (χ1) is 13.9. The monoisotopic (exact) mass is 414 g/mol. The fraction of sp³-hybridized carbons (Fsp3) is 0.105. The normalized spacial score (nSPS) is 11.7. The molecule has 0 aliphatic rings. The minimum atomic E-state index is -1.76. The quantitative estimate of drug-likeness (QED) is 0.328. The van der Waals surface area contributed by atoms with Crippen LogP contribution in [0, 0.1) is 20.2 Å². The second-order valence-electron chi connectivity index (χ2n) is 5.96. The van der Waals surface area contributed by atoms with Crippen molar-refractivity contribution in [2.75, 3.05) is 5.75 Å². The topological polar surface area (TPSA) is 130 Å². The molecule has 0 bridgehead atoms. The van der Waals surface area contributed by atoms with Crippen molar-refractivity contribution in [2.45, 2.75) is 11.5 Å². The highest BCUT2D eigenvalue weighted by atomic mass is 32.2. The number of esters is 1. The third-order valence-corrected chi connectivity index (χ3v) is 5.44. The Morgan fingerprint density at radius 3 is 2.21 bits per heavy atom. The van der Waals surface area contributed by atoms with E-state index in [-0.39, 0.29) is 18.0 Å². The van der Waals surface area contributed by atoms with E-state index in [0.29, 0.717) is 21.2 Å². The zero-order chi connectivity index (χ0) is 21.0. The van der Waals surface area contributed by atoms with E-state index in [2.05, 4.69) is 0 Å². The molecule has 0 saturated heterocycles. The van der Waals surface area contributed by atoms with Gasteiger partial charge >= 0.3 is 5.97 Å². The van der Waals surface area contributed by atoms with E-state index in [1.54, 1.807) is 24.3 Å². The molecule has 10 heteroatoms. The maximum Gasteiger partial charge on any atom is 0.319 e. The number of hydrogen-bond donors (Lipinski definition) is 0. The number of non-ortho nitro benzene ring substituents is 2. The average molecular weight is 414 g/mol. The van der Waals surface area contributed by atoms with Gasteiger partial charge in [0.05, 0.1) is 26.0 Å². The van der Waals surface area contributed by atoms with E-state index in [0.717, 1.165) is 0 Å². The first kappa shape index (κ1) is 20.1. The lowest BCUT2D eigenvalue weighted by molar-refractivity contribution is -0.384. The summed E-state index contributed by atoms with van der Waals surface area (Å²) in [5.41, 5.74) is 0.365. The lowest BCUT2D eigenvalue weighted by Gasteiger charge is -2.08. The summed E-state index contributed by atoms with van der Waals surface area (Å²) in [6.07, 6.45) is 0. The third kappa shape index (κ3) is 4.61. The molecule has 0 fully saturated rings. The molecule has 3 rings (SSSR count). The molecule has 0 heterocycles. The summed E-state index contributed by atoms with van der Waals surface area (Å²) in [6, 6.07) is 14.6. The van der Waals surface area contributed by atoms with Gasteiger partial charge in [-0.1, -0.05) is 18.2 Å². The summed E-state index contributed by atoms with van der Waals surface area (Å²) in [5.74, 6) is -1.14. The second kappa shape index (κ2) is 8.57. The molecule has 0 aliphatic carbocycles. The zero-order valence-electron chi connectivity index (χ0n) is 14.8. The molecule has 0 saturated carbocycles. The first-order valence-corrected chi connectivity index (χ1v) is 9.62.